The highest BCUT2D eigenvalue weighted by molar-refractivity contribution is 6.43. The molecule has 0 aromatic heterocycles. The Kier molecular flexibility index (Phi) is 5.89. The number of morpholine rings is 1. The molecule has 1 aromatic carbocycles. The van der Waals surface area contributed by atoms with Gasteiger partial charge in [-0.1, -0.05) is 30.3 Å². The van der Waals surface area contributed by atoms with E-state index in [1.54, 1.807) is 13.0 Å². The number of hydrogen-bond acceptors (Lipinski definition) is 6. The molecule has 6 heteroatoms. The molecule has 0 radical (unpaired) electrons. The predicted octanol–water partition coefficient (Wildman–Crippen LogP) is 1.84. The monoisotopic (exact) mass is 313 g/mol. The molecule has 1 fully saturated rings. The molecule has 23 heavy (non-hydrogen) atoms. The highest BCUT2D eigenvalue weighted by atomic mass is 16.5. The number of aliphatic imine (C=N–C) groups is 1. The Hall–Kier alpha value is -2.65. The number of nitrogens with zero attached hydrogens (tertiary/aromatic N) is 3. The molecule has 1 aliphatic rings. The fraction of sp³-hybridized carbons (Fsp3) is 0.353. The first kappa shape index (κ1) is 16.7. The Morgan fingerprint density at radius 3 is 2.52 bits per heavy atom. The maximum atomic E-state index is 11.6. The van der Waals surface area contributed by atoms with E-state index in [0.717, 1.165) is 24.4 Å². The zero-order valence-electron chi connectivity index (χ0n) is 13.3. The average molecular weight is 313 g/mol. The van der Waals surface area contributed by atoms with Crippen LogP contribution < -0.4 is 0 Å². The van der Waals surface area contributed by atoms with Crippen LogP contribution in [0.15, 0.2) is 41.0 Å². The van der Waals surface area contributed by atoms with Crippen LogP contribution in [0, 0.1) is 11.3 Å². The van der Waals surface area contributed by atoms with Crippen molar-refractivity contribution in [3.63, 3.8) is 0 Å². The Morgan fingerprint density at radius 2 is 1.96 bits per heavy atom. The van der Waals surface area contributed by atoms with Gasteiger partial charge in [0, 0.05) is 13.1 Å². The van der Waals surface area contributed by atoms with Crippen molar-refractivity contribution < 1.29 is 14.3 Å². The molecule has 0 aliphatic carbocycles. The van der Waals surface area contributed by atoms with Gasteiger partial charge in [-0.05, 0) is 12.5 Å². The standard InChI is InChI=1S/C17H19N3O3/c1-13(19-15(12-18)17(21)22-2)16(14-6-4-3-5-7-14)20-8-10-23-11-9-20/h3-7H,8-11H2,1-2H3/b16-13-,19-15?. The van der Waals surface area contributed by atoms with E-state index in [9.17, 15) is 4.79 Å². The Bertz CT molecular complexity index is 653. The van der Waals surface area contributed by atoms with Crippen LogP contribution in [-0.2, 0) is 14.3 Å². The zero-order chi connectivity index (χ0) is 16.7. The van der Waals surface area contributed by atoms with Crippen LogP contribution in [0.1, 0.15) is 12.5 Å². The van der Waals surface area contributed by atoms with Crippen molar-refractivity contribution in [2.75, 3.05) is 33.4 Å². The van der Waals surface area contributed by atoms with E-state index in [4.69, 9.17) is 10.00 Å². The van der Waals surface area contributed by atoms with Gasteiger partial charge in [0.2, 0.25) is 5.71 Å². The van der Waals surface area contributed by atoms with Gasteiger partial charge in [0.05, 0.1) is 31.7 Å². The van der Waals surface area contributed by atoms with Crippen LogP contribution in [0.5, 0.6) is 0 Å². The van der Waals surface area contributed by atoms with Gasteiger partial charge in [-0.2, -0.15) is 5.26 Å². The van der Waals surface area contributed by atoms with Crippen LogP contribution in [0.4, 0.5) is 0 Å². The van der Waals surface area contributed by atoms with Crippen LogP contribution in [0.25, 0.3) is 5.70 Å². The van der Waals surface area contributed by atoms with E-state index >= 15 is 0 Å². The van der Waals surface area contributed by atoms with Crippen molar-refractivity contribution in [1.82, 2.24) is 4.90 Å². The maximum Gasteiger partial charge on any atom is 0.367 e. The van der Waals surface area contributed by atoms with E-state index in [0.29, 0.717) is 18.9 Å². The minimum absolute atomic E-state index is 0.258. The molecule has 0 N–H and O–H groups in total. The Labute approximate surface area is 135 Å². The number of carbonyl (C=O) groups excluding carboxylic acids is 1. The second-order valence-electron chi connectivity index (χ2n) is 4.96. The second-order valence-corrected chi connectivity index (χ2v) is 4.96. The third-order valence-electron chi connectivity index (χ3n) is 3.48. The number of allylic oxidation sites excluding steroid dienone is 1. The van der Waals surface area contributed by atoms with Gasteiger partial charge in [0.1, 0.15) is 6.07 Å². The number of esters is 1. The molecule has 0 saturated carbocycles. The van der Waals surface area contributed by atoms with Crippen LogP contribution in [0.3, 0.4) is 0 Å². The first-order valence-electron chi connectivity index (χ1n) is 7.33. The number of hydrogen-bond donors (Lipinski definition) is 0. The summed E-state index contributed by atoms with van der Waals surface area (Å²) in [5.41, 5.74) is 2.22. The number of rotatable bonds is 4. The fourth-order valence-electron chi connectivity index (χ4n) is 2.44. The Morgan fingerprint density at radius 1 is 1.30 bits per heavy atom. The molecule has 2 rings (SSSR count). The summed E-state index contributed by atoms with van der Waals surface area (Å²) < 4.78 is 9.98. The van der Waals surface area contributed by atoms with E-state index in [1.165, 1.54) is 7.11 Å². The highest BCUT2D eigenvalue weighted by Gasteiger charge is 2.19. The summed E-state index contributed by atoms with van der Waals surface area (Å²) in [6, 6.07) is 11.6. The predicted molar refractivity (Wildman–Crippen MR) is 86.5 cm³/mol. The van der Waals surface area contributed by atoms with Gasteiger partial charge < -0.3 is 14.4 Å². The lowest BCUT2D eigenvalue weighted by atomic mass is 10.1. The molecular weight excluding hydrogens is 294 g/mol. The lowest BCUT2D eigenvalue weighted by Gasteiger charge is -2.32. The van der Waals surface area contributed by atoms with Crippen LogP contribution >= 0.6 is 0 Å². The van der Waals surface area contributed by atoms with Crippen molar-refractivity contribution in [3.8, 4) is 6.07 Å². The molecule has 1 aliphatic heterocycles. The van der Waals surface area contributed by atoms with Crippen molar-refractivity contribution >= 4 is 17.4 Å². The summed E-state index contributed by atoms with van der Waals surface area (Å²) in [6.45, 7) is 4.53. The molecule has 0 amide bonds. The summed E-state index contributed by atoms with van der Waals surface area (Å²) >= 11 is 0. The zero-order valence-corrected chi connectivity index (χ0v) is 13.3. The molecule has 0 bridgehead atoms. The largest absolute Gasteiger partial charge is 0.464 e. The van der Waals surface area contributed by atoms with Crippen LogP contribution in [-0.4, -0.2) is 50.0 Å². The normalized spacial score (nSPS) is 16.4. The molecule has 1 saturated heterocycles. The molecule has 0 spiro atoms. The van der Waals surface area contributed by atoms with Crippen molar-refractivity contribution in [2.24, 2.45) is 4.99 Å². The van der Waals surface area contributed by atoms with Crippen LogP contribution in [0.2, 0.25) is 0 Å². The van der Waals surface area contributed by atoms with Crippen molar-refractivity contribution in [3.05, 3.63) is 41.6 Å². The first-order chi connectivity index (χ1) is 11.2. The summed E-state index contributed by atoms with van der Waals surface area (Å²) in [6.07, 6.45) is 0. The van der Waals surface area contributed by atoms with Gasteiger partial charge >= 0.3 is 5.97 Å². The summed E-state index contributed by atoms with van der Waals surface area (Å²) in [5.74, 6) is -0.735. The fourth-order valence-corrected chi connectivity index (χ4v) is 2.44. The average Bonchev–Trinajstić information content (AvgIpc) is 2.61. The molecule has 1 aromatic rings. The van der Waals surface area contributed by atoms with Gasteiger partial charge in [-0.25, -0.2) is 9.79 Å². The van der Waals surface area contributed by atoms with Gasteiger partial charge in [0.15, 0.2) is 0 Å². The topological polar surface area (TPSA) is 74.9 Å². The minimum atomic E-state index is -0.735. The van der Waals surface area contributed by atoms with Gasteiger partial charge in [-0.3, -0.25) is 0 Å². The van der Waals surface area contributed by atoms with E-state index < -0.39 is 5.97 Å². The molecule has 1 heterocycles. The number of ether oxygens (including phenoxy) is 2. The number of benzene rings is 1. The SMILES string of the molecule is COC(=O)C(C#N)=N/C(C)=C(/c1ccccc1)N1CCOCC1. The number of methoxy groups -OCH3 is 1. The lowest BCUT2D eigenvalue weighted by Crippen LogP contribution is -2.35. The highest BCUT2D eigenvalue weighted by Crippen LogP contribution is 2.25. The smallest absolute Gasteiger partial charge is 0.367 e. The number of carbonyl (C=O) groups is 1. The van der Waals surface area contributed by atoms with E-state index in [1.807, 2.05) is 30.3 Å². The number of nitriles is 1. The van der Waals surface area contributed by atoms with Crippen molar-refractivity contribution in [2.45, 2.75) is 6.92 Å². The summed E-state index contributed by atoms with van der Waals surface area (Å²) in [4.78, 5) is 17.9. The first-order valence-corrected chi connectivity index (χ1v) is 7.33. The summed E-state index contributed by atoms with van der Waals surface area (Å²) in [7, 11) is 1.23. The quantitative estimate of drug-likeness (QED) is 0.626. The second kappa shape index (κ2) is 8.11. The molecular formula is C17H19N3O3. The van der Waals surface area contributed by atoms with Gasteiger partial charge in [-0.15, -0.1) is 0 Å². The van der Waals surface area contributed by atoms with Gasteiger partial charge in [0.25, 0.3) is 0 Å². The summed E-state index contributed by atoms with van der Waals surface area (Å²) in [5, 5.41) is 9.10. The maximum absolute atomic E-state index is 11.6. The lowest BCUT2D eigenvalue weighted by molar-refractivity contribution is -0.132. The third kappa shape index (κ3) is 4.18. The Balaban J connectivity index is 2.48. The molecule has 0 atom stereocenters. The van der Waals surface area contributed by atoms with E-state index in [-0.39, 0.29) is 5.71 Å². The molecule has 0 unspecified atom stereocenters. The molecule has 6 nitrogen and oxygen atoms in total. The van der Waals surface area contributed by atoms with E-state index in [2.05, 4.69) is 14.6 Å². The molecule has 120 valence electrons. The van der Waals surface area contributed by atoms with Crippen molar-refractivity contribution in [1.29, 1.82) is 5.26 Å². The third-order valence-corrected chi connectivity index (χ3v) is 3.48. The minimum Gasteiger partial charge on any atom is -0.464 e.